The van der Waals surface area contributed by atoms with Crippen molar-refractivity contribution in [2.45, 2.75) is 32.3 Å². The lowest BCUT2D eigenvalue weighted by molar-refractivity contribution is -0.0605. The number of aryl methyl sites for hydroxylation is 2. The molecular weight excluding hydrogens is 322 g/mol. The molecule has 5 heteroatoms. The van der Waals surface area contributed by atoms with E-state index in [0.717, 1.165) is 15.6 Å². The maximum atomic E-state index is 12.2. The molecule has 1 saturated heterocycles. The highest BCUT2D eigenvalue weighted by Crippen LogP contribution is 2.22. The molecule has 1 aliphatic rings. The van der Waals surface area contributed by atoms with Gasteiger partial charge in [0.05, 0.1) is 5.60 Å². The van der Waals surface area contributed by atoms with Gasteiger partial charge in [-0.05, 0) is 37.1 Å². The quantitative estimate of drug-likeness (QED) is 0.887. The Morgan fingerprint density at radius 2 is 2.00 bits per heavy atom. The Kier molecular flexibility index (Phi) is 4.83. The number of hydrogen-bond acceptors (Lipinski definition) is 3. The zero-order chi connectivity index (χ0) is 14.8. The zero-order valence-electron chi connectivity index (χ0n) is 11.8. The second-order valence-corrected chi connectivity index (χ2v) is 6.29. The number of halogens is 1. The van der Waals surface area contributed by atoms with Gasteiger partial charge >= 0.3 is 0 Å². The van der Waals surface area contributed by atoms with Crippen LogP contribution in [0.3, 0.4) is 0 Å². The fraction of sp³-hybridized carbons (Fsp3) is 0.533. The summed E-state index contributed by atoms with van der Waals surface area (Å²) in [4.78, 5) is 12.2. The largest absolute Gasteiger partial charge is 0.388 e. The van der Waals surface area contributed by atoms with E-state index < -0.39 is 5.60 Å². The van der Waals surface area contributed by atoms with Gasteiger partial charge in [-0.1, -0.05) is 15.9 Å². The van der Waals surface area contributed by atoms with Gasteiger partial charge in [-0.3, -0.25) is 4.79 Å². The van der Waals surface area contributed by atoms with Crippen molar-refractivity contribution in [1.82, 2.24) is 5.32 Å². The maximum absolute atomic E-state index is 12.2. The van der Waals surface area contributed by atoms with E-state index in [1.165, 1.54) is 0 Å². The third kappa shape index (κ3) is 3.59. The molecule has 1 amide bonds. The number of carbonyl (C=O) groups excluding carboxylic acids is 1. The molecule has 0 bridgehead atoms. The lowest BCUT2D eigenvalue weighted by Crippen LogP contribution is -2.46. The number of hydrogen-bond donors (Lipinski definition) is 2. The van der Waals surface area contributed by atoms with Gasteiger partial charge in [-0.2, -0.15) is 0 Å². The Labute approximate surface area is 127 Å². The van der Waals surface area contributed by atoms with E-state index in [-0.39, 0.29) is 12.5 Å². The van der Waals surface area contributed by atoms with Crippen LogP contribution in [0.1, 0.15) is 34.3 Å². The van der Waals surface area contributed by atoms with Gasteiger partial charge in [0.1, 0.15) is 0 Å². The summed E-state index contributed by atoms with van der Waals surface area (Å²) in [5, 5.41) is 13.2. The monoisotopic (exact) mass is 341 g/mol. The van der Waals surface area contributed by atoms with Gasteiger partial charge in [-0.15, -0.1) is 0 Å². The fourth-order valence-corrected chi connectivity index (χ4v) is 2.75. The normalized spacial score (nSPS) is 17.8. The standard InChI is InChI=1S/C15H20BrNO3/c1-10-8-13(16)11(2)7-12(10)14(18)17-9-15(19)3-5-20-6-4-15/h7-8,19H,3-6,9H2,1-2H3,(H,17,18). The fourth-order valence-electron chi connectivity index (χ4n) is 2.29. The van der Waals surface area contributed by atoms with E-state index in [9.17, 15) is 9.90 Å². The minimum atomic E-state index is -0.841. The highest BCUT2D eigenvalue weighted by Gasteiger charge is 2.30. The lowest BCUT2D eigenvalue weighted by atomic mass is 9.94. The molecule has 2 N–H and O–H groups in total. The first-order chi connectivity index (χ1) is 9.41. The Balaban J connectivity index is 2.03. The van der Waals surface area contributed by atoms with Crippen LogP contribution in [0.25, 0.3) is 0 Å². The average Bonchev–Trinajstić information content (AvgIpc) is 2.41. The van der Waals surface area contributed by atoms with Crippen LogP contribution in [0.5, 0.6) is 0 Å². The summed E-state index contributed by atoms with van der Waals surface area (Å²) < 4.78 is 6.22. The van der Waals surface area contributed by atoms with Crippen LogP contribution in [0, 0.1) is 13.8 Å². The minimum absolute atomic E-state index is 0.141. The van der Waals surface area contributed by atoms with Crippen LogP contribution in [0.4, 0.5) is 0 Å². The van der Waals surface area contributed by atoms with Gasteiger partial charge in [0.2, 0.25) is 0 Å². The van der Waals surface area contributed by atoms with Gasteiger partial charge < -0.3 is 15.2 Å². The lowest BCUT2D eigenvalue weighted by Gasteiger charge is -2.32. The molecule has 110 valence electrons. The molecule has 0 atom stereocenters. The van der Waals surface area contributed by atoms with E-state index >= 15 is 0 Å². The first kappa shape index (κ1) is 15.5. The number of nitrogens with one attached hydrogen (secondary N) is 1. The Bertz CT molecular complexity index is 510. The van der Waals surface area contributed by atoms with Crippen molar-refractivity contribution >= 4 is 21.8 Å². The number of amides is 1. The van der Waals surface area contributed by atoms with E-state index in [2.05, 4.69) is 21.2 Å². The predicted octanol–water partition coefficient (Wildman–Crippen LogP) is 2.34. The Hall–Kier alpha value is -0.910. The molecule has 0 spiro atoms. The second-order valence-electron chi connectivity index (χ2n) is 5.44. The molecule has 20 heavy (non-hydrogen) atoms. The molecular formula is C15H20BrNO3. The molecule has 0 radical (unpaired) electrons. The minimum Gasteiger partial charge on any atom is -0.388 e. The van der Waals surface area contributed by atoms with Crippen LogP contribution in [-0.2, 0) is 4.74 Å². The molecule has 1 aromatic rings. The summed E-state index contributed by atoms with van der Waals surface area (Å²) >= 11 is 3.45. The van der Waals surface area contributed by atoms with Crippen molar-refractivity contribution in [3.8, 4) is 0 Å². The van der Waals surface area contributed by atoms with Crippen molar-refractivity contribution in [3.63, 3.8) is 0 Å². The van der Waals surface area contributed by atoms with Crippen molar-refractivity contribution in [3.05, 3.63) is 33.3 Å². The number of aliphatic hydroxyl groups is 1. The van der Waals surface area contributed by atoms with Crippen molar-refractivity contribution in [2.24, 2.45) is 0 Å². The predicted molar refractivity (Wildman–Crippen MR) is 81.0 cm³/mol. The summed E-state index contributed by atoms with van der Waals surface area (Å²) in [5.74, 6) is -0.141. The zero-order valence-corrected chi connectivity index (χ0v) is 13.4. The molecule has 0 unspecified atom stereocenters. The topological polar surface area (TPSA) is 58.6 Å². The van der Waals surface area contributed by atoms with E-state index in [4.69, 9.17) is 4.74 Å². The van der Waals surface area contributed by atoms with Gasteiger partial charge in [0.15, 0.2) is 0 Å². The highest BCUT2D eigenvalue weighted by atomic mass is 79.9. The van der Waals surface area contributed by atoms with Crippen LogP contribution in [0.15, 0.2) is 16.6 Å². The third-order valence-electron chi connectivity index (χ3n) is 3.75. The molecule has 0 saturated carbocycles. The number of rotatable bonds is 3. The van der Waals surface area contributed by atoms with E-state index in [0.29, 0.717) is 31.6 Å². The number of carbonyl (C=O) groups is 1. The molecule has 1 fully saturated rings. The summed E-state index contributed by atoms with van der Waals surface area (Å²) in [5.41, 5.74) is 1.75. The smallest absolute Gasteiger partial charge is 0.251 e. The van der Waals surface area contributed by atoms with Gasteiger partial charge in [-0.25, -0.2) is 0 Å². The molecule has 1 heterocycles. The second kappa shape index (κ2) is 6.24. The first-order valence-electron chi connectivity index (χ1n) is 6.76. The molecule has 4 nitrogen and oxygen atoms in total. The molecule has 0 aliphatic carbocycles. The van der Waals surface area contributed by atoms with Crippen LogP contribution >= 0.6 is 15.9 Å². The summed E-state index contributed by atoms with van der Waals surface area (Å²) in [6.45, 7) is 5.21. The molecule has 1 aliphatic heterocycles. The molecule has 0 aromatic heterocycles. The average molecular weight is 342 g/mol. The van der Waals surface area contributed by atoms with Gasteiger partial charge in [0, 0.05) is 42.6 Å². The first-order valence-corrected chi connectivity index (χ1v) is 7.56. The molecule has 1 aromatic carbocycles. The summed E-state index contributed by atoms with van der Waals surface area (Å²) in [6.07, 6.45) is 1.12. The highest BCUT2D eigenvalue weighted by molar-refractivity contribution is 9.10. The van der Waals surface area contributed by atoms with E-state index in [1.54, 1.807) is 0 Å². The SMILES string of the molecule is Cc1cc(C(=O)NCC2(O)CCOCC2)c(C)cc1Br. The van der Waals surface area contributed by atoms with Gasteiger partial charge in [0.25, 0.3) is 5.91 Å². The summed E-state index contributed by atoms with van der Waals surface area (Å²) in [7, 11) is 0. The number of ether oxygens (including phenoxy) is 1. The van der Waals surface area contributed by atoms with Crippen LogP contribution in [-0.4, -0.2) is 36.4 Å². The van der Waals surface area contributed by atoms with Crippen molar-refractivity contribution in [1.29, 1.82) is 0 Å². The van der Waals surface area contributed by atoms with Crippen molar-refractivity contribution in [2.75, 3.05) is 19.8 Å². The number of benzene rings is 1. The maximum Gasteiger partial charge on any atom is 0.251 e. The van der Waals surface area contributed by atoms with E-state index in [1.807, 2.05) is 26.0 Å². The third-order valence-corrected chi connectivity index (χ3v) is 4.61. The Morgan fingerprint density at radius 3 is 2.65 bits per heavy atom. The summed E-state index contributed by atoms with van der Waals surface area (Å²) in [6, 6.07) is 3.80. The molecule has 2 rings (SSSR count). The van der Waals surface area contributed by atoms with Crippen LogP contribution in [0.2, 0.25) is 0 Å². The Morgan fingerprint density at radius 1 is 1.35 bits per heavy atom. The van der Waals surface area contributed by atoms with Crippen molar-refractivity contribution < 1.29 is 14.6 Å². The van der Waals surface area contributed by atoms with Crippen LogP contribution < -0.4 is 5.32 Å².